The third-order valence-electron chi connectivity index (χ3n) is 4.01. The van der Waals surface area contributed by atoms with Crippen molar-refractivity contribution in [3.05, 3.63) is 27.7 Å². The summed E-state index contributed by atoms with van der Waals surface area (Å²) in [5.41, 5.74) is 1.09. The highest BCUT2D eigenvalue weighted by Crippen LogP contribution is 2.29. The van der Waals surface area contributed by atoms with E-state index in [1.165, 1.54) is 25.9 Å². The molecule has 0 radical (unpaired) electrons. The SMILES string of the molecule is CCN1CCCC(C(C)Nc2cc(Cl)ccc2Br)C1. The molecular formula is C15H22BrClN2. The van der Waals surface area contributed by atoms with E-state index < -0.39 is 0 Å². The normalized spacial score (nSPS) is 22.2. The van der Waals surface area contributed by atoms with Crippen LogP contribution in [0.25, 0.3) is 0 Å². The molecule has 0 saturated carbocycles. The molecule has 1 saturated heterocycles. The number of hydrogen-bond donors (Lipinski definition) is 1. The molecule has 2 unspecified atom stereocenters. The minimum absolute atomic E-state index is 0.462. The monoisotopic (exact) mass is 344 g/mol. The van der Waals surface area contributed by atoms with Crippen molar-refractivity contribution in [2.45, 2.75) is 32.7 Å². The molecular weight excluding hydrogens is 324 g/mol. The van der Waals surface area contributed by atoms with Crippen LogP contribution in [0.3, 0.4) is 0 Å². The molecule has 1 N–H and O–H groups in total. The topological polar surface area (TPSA) is 15.3 Å². The summed E-state index contributed by atoms with van der Waals surface area (Å²) in [6.45, 7) is 8.12. The van der Waals surface area contributed by atoms with E-state index in [1.807, 2.05) is 18.2 Å². The van der Waals surface area contributed by atoms with Gasteiger partial charge in [0.05, 0.1) is 5.69 Å². The summed E-state index contributed by atoms with van der Waals surface area (Å²) in [5, 5.41) is 4.38. The number of likely N-dealkylation sites (tertiary alicyclic amines) is 1. The number of nitrogens with one attached hydrogen (secondary N) is 1. The van der Waals surface area contributed by atoms with Crippen molar-refractivity contribution in [1.29, 1.82) is 0 Å². The van der Waals surface area contributed by atoms with Gasteiger partial charge in [0.15, 0.2) is 0 Å². The third kappa shape index (κ3) is 4.11. The summed E-state index contributed by atoms with van der Waals surface area (Å²) < 4.78 is 1.08. The van der Waals surface area contributed by atoms with Gasteiger partial charge < -0.3 is 10.2 Å². The molecule has 0 aromatic heterocycles. The first-order valence-electron chi connectivity index (χ1n) is 7.04. The van der Waals surface area contributed by atoms with Gasteiger partial charge in [0.25, 0.3) is 0 Å². The molecule has 106 valence electrons. The van der Waals surface area contributed by atoms with Gasteiger partial charge in [-0.05, 0) is 72.9 Å². The fourth-order valence-electron chi connectivity index (χ4n) is 2.76. The summed E-state index contributed by atoms with van der Waals surface area (Å²) in [6.07, 6.45) is 2.62. The molecule has 1 aliphatic rings. The maximum Gasteiger partial charge on any atom is 0.0501 e. The standard InChI is InChI=1S/C15H22BrClN2/c1-3-19-8-4-5-12(10-19)11(2)18-15-9-13(17)6-7-14(15)16/h6-7,9,11-12,18H,3-5,8,10H2,1-2H3. The number of anilines is 1. The van der Waals surface area contributed by atoms with Crippen molar-refractivity contribution < 1.29 is 0 Å². The Morgan fingerprint density at radius 2 is 2.32 bits per heavy atom. The average Bonchev–Trinajstić information content (AvgIpc) is 2.43. The molecule has 1 aromatic carbocycles. The lowest BCUT2D eigenvalue weighted by Crippen LogP contribution is -2.41. The van der Waals surface area contributed by atoms with Gasteiger partial charge in [-0.25, -0.2) is 0 Å². The van der Waals surface area contributed by atoms with Crippen molar-refractivity contribution >= 4 is 33.2 Å². The van der Waals surface area contributed by atoms with Gasteiger partial charge in [0, 0.05) is 22.1 Å². The first-order chi connectivity index (χ1) is 9.10. The molecule has 0 aliphatic carbocycles. The quantitative estimate of drug-likeness (QED) is 0.855. The van der Waals surface area contributed by atoms with Gasteiger partial charge in [-0.15, -0.1) is 0 Å². The Balaban J connectivity index is 2.00. The summed E-state index contributed by atoms with van der Waals surface area (Å²) >= 11 is 9.64. The number of benzene rings is 1. The van der Waals surface area contributed by atoms with Crippen LogP contribution in [0.2, 0.25) is 5.02 Å². The largest absolute Gasteiger partial charge is 0.381 e. The van der Waals surface area contributed by atoms with E-state index in [2.05, 4.69) is 40.0 Å². The van der Waals surface area contributed by atoms with E-state index in [0.29, 0.717) is 12.0 Å². The Kier molecular flexibility index (Phi) is 5.55. The number of nitrogens with zero attached hydrogens (tertiary/aromatic N) is 1. The van der Waals surface area contributed by atoms with Gasteiger partial charge in [-0.3, -0.25) is 0 Å². The van der Waals surface area contributed by atoms with E-state index in [1.54, 1.807) is 0 Å². The zero-order valence-electron chi connectivity index (χ0n) is 11.6. The Bertz CT molecular complexity index is 425. The molecule has 0 bridgehead atoms. The maximum atomic E-state index is 6.06. The van der Waals surface area contributed by atoms with Crippen LogP contribution >= 0.6 is 27.5 Å². The van der Waals surface area contributed by atoms with Gasteiger partial charge in [0.1, 0.15) is 0 Å². The number of hydrogen-bond acceptors (Lipinski definition) is 2. The Labute approximate surface area is 129 Å². The lowest BCUT2D eigenvalue weighted by atomic mass is 9.91. The summed E-state index contributed by atoms with van der Waals surface area (Å²) in [6, 6.07) is 6.35. The van der Waals surface area contributed by atoms with E-state index in [4.69, 9.17) is 11.6 Å². The van der Waals surface area contributed by atoms with Gasteiger partial charge in [0.2, 0.25) is 0 Å². The first-order valence-corrected chi connectivity index (χ1v) is 8.21. The number of halogens is 2. The predicted octanol–water partition coefficient (Wildman–Crippen LogP) is 4.63. The predicted molar refractivity (Wildman–Crippen MR) is 87.1 cm³/mol. The molecule has 1 aromatic rings. The molecule has 0 spiro atoms. The molecule has 1 aliphatic heterocycles. The molecule has 2 nitrogen and oxygen atoms in total. The molecule has 19 heavy (non-hydrogen) atoms. The lowest BCUT2D eigenvalue weighted by molar-refractivity contribution is 0.172. The van der Waals surface area contributed by atoms with E-state index in [9.17, 15) is 0 Å². The summed E-state index contributed by atoms with van der Waals surface area (Å²) in [5.74, 6) is 0.708. The van der Waals surface area contributed by atoms with Crippen molar-refractivity contribution in [2.75, 3.05) is 25.0 Å². The number of rotatable bonds is 4. The molecule has 4 heteroatoms. The molecule has 1 fully saturated rings. The Morgan fingerprint density at radius 3 is 3.05 bits per heavy atom. The van der Waals surface area contributed by atoms with Crippen LogP contribution in [0, 0.1) is 5.92 Å². The maximum absolute atomic E-state index is 6.06. The highest BCUT2D eigenvalue weighted by atomic mass is 79.9. The van der Waals surface area contributed by atoms with Gasteiger partial charge in [-0.1, -0.05) is 18.5 Å². The minimum atomic E-state index is 0.462. The molecule has 2 rings (SSSR count). The second-order valence-electron chi connectivity index (χ2n) is 5.35. The zero-order chi connectivity index (χ0) is 13.8. The fraction of sp³-hybridized carbons (Fsp3) is 0.600. The van der Waals surface area contributed by atoms with Crippen molar-refractivity contribution in [2.24, 2.45) is 5.92 Å². The Morgan fingerprint density at radius 1 is 1.53 bits per heavy atom. The summed E-state index contributed by atoms with van der Waals surface area (Å²) in [4.78, 5) is 2.54. The summed E-state index contributed by atoms with van der Waals surface area (Å²) in [7, 11) is 0. The van der Waals surface area contributed by atoms with Crippen LogP contribution < -0.4 is 5.32 Å². The van der Waals surface area contributed by atoms with E-state index in [-0.39, 0.29) is 0 Å². The molecule has 2 atom stereocenters. The average molecular weight is 346 g/mol. The molecule has 0 amide bonds. The minimum Gasteiger partial charge on any atom is -0.381 e. The smallest absolute Gasteiger partial charge is 0.0501 e. The van der Waals surface area contributed by atoms with Crippen molar-refractivity contribution in [3.63, 3.8) is 0 Å². The van der Waals surface area contributed by atoms with E-state index >= 15 is 0 Å². The van der Waals surface area contributed by atoms with Gasteiger partial charge in [-0.2, -0.15) is 0 Å². The fourth-order valence-corrected chi connectivity index (χ4v) is 3.29. The van der Waals surface area contributed by atoms with Crippen molar-refractivity contribution in [1.82, 2.24) is 4.90 Å². The second-order valence-corrected chi connectivity index (χ2v) is 6.64. The third-order valence-corrected chi connectivity index (χ3v) is 4.93. The van der Waals surface area contributed by atoms with Crippen LogP contribution in [0.15, 0.2) is 22.7 Å². The van der Waals surface area contributed by atoms with Gasteiger partial charge >= 0.3 is 0 Å². The zero-order valence-corrected chi connectivity index (χ0v) is 14.0. The highest BCUT2D eigenvalue weighted by molar-refractivity contribution is 9.10. The lowest BCUT2D eigenvalue weighted by Gasteiger charge is -2.36. The van der Waals surface area contributed by atoms with Crippen LogP contribution in [0.4, 0.5) is 5.69 Å². The number of piperidine rings is 1. The second kappa shape index (κ2) is 6.96. The van der Waals surface area contributed by atoms with E-state index in [0.717, 1.165) is 21.7 Å². The van der Waals surface area contributed by atoms with Crippen molar-refractivity contribution in [3.8, 4) is 0 Å². The Hall–Kier alpha value is -0.250. The molecule has 1 heterocycles. The van der Waals surface area contributed by atoms with Crippen LogP contribution in [-0.2, 0) is 0 Å². The first kappa shape index (κ1) is 15.1. The van der Waals surface area contributed by atoms with Crippen LogP contribution in [0.5, 0.6) is 0 Å². The van der Waals surface area contributed by atoms with Crippen LogP contribution in [-0.4, -0.2) is 30.6 Å². The highest BCUT2D eigenvalue weighted by Gasteiger charge is 2.24. The van der Waals surface area contributed by atoms with Crippen LogP contribution in [0.1, 0.15) is 26.7 Å².